The fourth-order valence-corrected chi connectivity index (χ4v) is 2.63. The van der Waals surface area contributed by atoms with Crippen LogP contribution in [0.25, 0.3) is 0 Å². The van der Waals surface area contributed by atoms with Gasteiger partial charge in [-0.05, 0) is 17.6 Å². The maximum Gasteiger partial charge on any atom is 0.225 e. The van der Waals surface area contributed by atoms with Gasteiger partial charge in [-0.25, -0.2) is 0 Å². The summed E-state index contributed by atoms with van der Waals surface area (Å²) >= 11 is 0. The molecule has 15 heavy (non-hydrogen) atoms. The van der Waals surface area contributed by atoms with E-state index < -0.39 is 0 Å². The zero-order chi connectivity index (χ0) is 10.4. The quantitative estimate of drug-likeness (QED) is 0.654. The number of primary amides is 1. The Morgan fingerprint density at radius 3 is 3.27 bits per heavy atom. The van der Waals surface area contributed by atoms with Gasteiger partial charge >= 0.3 is 0 Å². The maximum atomic E-state index is 11.4. The highest BCUT2D eigenvalue weighted by molar-refractivity contribution is 5.85. The fourth-order valence-electron chi connectivity index (χ4n) is 2.63. The van der Waals surface area contributed by atoms with Gasteiger partial charge in [-0.3, -0.25) is 4.79 Å². The molecule has 2 aliphatic rings. The van der Waals surface area contributed by atoms with Crippen molar-refractivity contribution in [3.05, 3.63) is 11.8 Å². The number of rotatable bonds is 1. The van der Waals surface area contributed by atoms with Gasteiger partial charge in [0.1, 0.15) is 0 Å². The summed E-state index contributed by atoms with van der Waals surface area (Å²) in [6.45, 7) is 1.79. The third-order valence-corrected chi connectivity index (χ3v) is 3.28. The molecule has 0 saturated carbocycles. The first kappa shape index (κ1) is 8.58. The summed E-state index contributed by atoms with van der Waals surface area (Å²) in [4.78, 5) is 13.6. The Morgan fingerprint density at radius 1 is 1.60 bits per heavy atom. The van der Waals surface area contributed by atoms with E-state index in [4.69, 9.17) is 5.73 Å². The number of carbonyl (C=O) groups excluding carboxylic acids is 1. The number of carbonyl (C=O) groups is 1. The van der Waals surface area contributed by atoms with E-state index >= 15 is 0 Å². The third-order valence-electron chi connectivity index (χ3n) is 3.28. The largest absolute Gasteiger partial charge is 0.369 e. The Hall–Kier alpha value is -1.72. The highest BCUT2D eigenvalue weighted by Gasteiger charge is 2.42. The van der Waals surface area contributed by atoms with Gasteiger partial charge in [0, 0.05) is 18.7 Å². The molecule has 2 atom stereocenters. The molecule has 2 N–H and O–H groups in total. The Kier molecular flexibility index (Phi) is 1.65. The number of fused-ring (bicyclic) bond motifs is 4. The second-order valence-corrected chi connectivity index (χ2v) is 4.09. The molecule has 0 aliphatic carbocycles. The number of nitrogens with two attached hydrogens (primary N) is 1. The monoisotopic (exact) mass is 205 g/mol. The van der Waals surface area contributed by atoms with Crippen molar-refractivity contribution in [1.29, 1.82) is 0 Å². The second kappa shape index (κ2) is 2.88. The minimum atomic E-state index is -0.280. The van der Waals surface area contributed by atoms with Crippen molar-refractivity contribution in [2.75, 3.05) is 18.0 Å². The molecular formula is C9H11N5O. The molecule has 78 valence electrons. The minimum absolute atomic E-state index is 0.234. The van der Waals surface area contributed by atoms with Crippen LogP contribution in [0.5, 0.6) is 0 Å². The van der Waals surface area contributed by atoms with E-state index in [9.17, 15) is 4.79 Å². The summed E-state index contributed by atoms with van der Waals surface area (Å²) in [6, 6.07) is 0. The molecule has 6 nitrogen and oxygen atoms in total. The Balaban J connectivity index is 2.15. The summed E-state index contributed by atoms with van der Waals surface area (Å²) in [5, 5.41) is 11.3. The first-order valence-corrected chi connectivity index (χ1v) is 5.00. The van der Waals surface area contributed by atoms with E-state index in [1.807, 2.05) is 0 Å². The molecule has 0 spiro atoms. The van der Waals surface area contributed by atoms with Gasteiger partial charge in [-0.2, -0.15) is 0 Å². The van der Waals surface area contributed by atoms with Crippen molar-refractivity contribution in [3.63, 3.8) is 0 Å². The zero-order valence-corrected chi connectivity index (χ0v) is 8.13. The van der Waals surface area contributed by atoms with Crippen molar-refractivity contribution in [3.8, 4) is 0 Å². The normalized spacial score (nSPS) is 27.6. The van der Waals surface area contributed by atoms with Crippen LogP contribution in [0.4, 0.5) is 5.82 Å². The molecule has 1 amide bonds. The first-order chi connectivity index (χ1) is 7.27. The summed E-state index contributed by atoms with van der Waals surface area (Å²) in [6.07, 6.45) is 2.60. The maximum absolute atomic E-state index is 11.4. The van der Waals surface area contributed by atoms with Crippen molar-refractivity contribution < 1.29 is 4.79 Å². The van der Waals surface area contributed by atoms with Gasteiger partial charge in [-0.1, -0.05) is 0 Å². The Labute approximate surface area is 86.5 Å². The number of anilines is 1. The summed E-state index contributed by atoms with van der Waals surface area (Å²) in [7, 11) is 0. The molecule has 1 saturated heterocycles. The highest BCUT2D eigenvalue weighted by Crippen LogP contribution is 2.41. The third kappa shape index (κ3) is 1.10. The lowest BCUT2D eigenvalue weighted by atomic mass is 9.84. The van der Waals surface area contributed by atoms with E-state index in [2.05, 4.69) is 20.3 Å². The smallest absolute Gasteiger partial charge is 0.225 e. The summed E-state index contributed by atoms with van der Waals surface area (Å²) < 4.78 is 0. The van der Waals surface area contributed by atoms with E-state index in [0.717, 1.165) is 30.9 Å². The van der Waals surface area contributed by atoms with E-state index in [1.54, 1.807) is 6.20 Å². The molecule has 2 bridgehead atoms. The number of aromatic nitrogens is 3. The Morgan fingerprint density at radius 2 is 2.47 bits per heavy atom. The fraction of sp³-hybridized carbons (Fsp3) is 0.556. The lowest BCUT2D eigenvalue weighted by Crippen LogP contribution is -2.36. The van der Waals surface area contributed by atoms with Gasteiger partial charge in [0.15, 0.2) is 5.82 Å². The van der Waals surface area contributed by atoms with Crippen LogP contribution in [0.2, 0.25) is 0 Å². The van der Waals surface area contributed by atoms with Gasteiger partial charge in [0.05, 0.1) is 12.1 Å². The molecule has 1 aromatic heterocycles. The van der Waals surface area contributed by atoms with Crippen LogP contribution in [0.1, 0.15) is 17.9 Å². The molecule has 3 heterocycles. The van der Waals surface area contributed by atoms with Crippen LogP contribution >= 0.6 is 0 Å². The van der Waals surface area contributed by atoms with Gasteiger partial charge in [0.2, 0.25) is 5.91 Å². The van der Waals surface area contributed by atoms with Crippen molar-refractivity contribution in [2.24, 2.45) is 11.7 Å². The van der Waals surface area contributed by atoms with Crippen LogP contribution in [0.3, 0.4) is 0 Å². The van der Waals surface area contributed by atoms with Gasteiger partial charge in [0.25, 0.3) is 0 Å². The van der Waals surface area contributed by atoms with E-state index in [-0.39, 0.29) is 11.8 Å². The molecule has 3 rings (SSSR count). The van der Waals surface area contributed by atoms with Gasteiger partial charge < -0.3 is 10.6 Å². The van der Waals surface area contributed by atoms with E-state index in [1.165, 1.54) is 0 Å². The van der Waals surface area contributed by atoms with Crippen molar-refractivity contribution in [1.82, 2.24) is 15.4 Å². The number of hydrogen-bond donors (Lipinski definition) is 1. The molecular weight excluding hydrogens is 194 g/mol. The first-order valence-electron chi connectivity index (χ1n) is 5.00. The topological polar surface area (TPSA) is 85.0 Å². The predicted molar refractivity (Wildman–Crippen MR) is 52.1 cm³/mol. The van der Waals surface area contributed by atoms with Crippen LogP contribution in [0, 0.1) is 5.92 Å². The van der Waals surface area contributed by atoms with E-state index in [0.29, 0.717) is 5.92 Å². The molecule has 1 fully saturated rings. The van der Waals surface area contributed by atoms with Gasteiger partial charge in [-0.15, -0.1) is 10.2 Å². The number of amides is 1. The molecule has 2 aliphatic heterocycles. The highest BCUT2D eigenvalue weighted by atomic mass is 16.1. The van der Waals surface area contributed by atoms with Crippen molar-refractivity contribution in [2.45, 2.75) is 12.3 Å². The summed E-state index contributed by atoms with van der Waals surface area (Å²) in [5.41, 5.74) is 6.27. The summed E-state index contributed by atoms with van der Waals surface area (Å²) in [5.74, 6) is 0.586. The lowest BCUT2D eigenvalue weighted by Gasteiger charge is -2.29. The molecule has 2 unspecified atom stereocenters. The van der Waals surface area contributed by atoms with Crippen LogP contribution in [0.15, 0.2) is 6.20 Å². The standard InChI is InChI=1S/C9H11N5O/c10-8(15)7-5-1-2-14(4-5)9-6(7)3-11-13-12-9/h3,5,7H,1-2,4H2,(H2,10,15). The predicted octanol–water partition coefficient (Wildman–Crippen LogP) is -0.720. The average molecular weight is 205 g/mol. The van der Waals surface area contributed by atoms with Crippen LogP contribution in [-0.4, -0.2) is 34.4 Å². The molecule has 6 heteroatoms. The lowest BCUT2D eigenvalue weighted by molar-refractivity contribution is -0.120. The molecule has 1 aromatic rings. The number of nitrogens with zero attached hydrogens (tertiary/aromatic N) is 4. The molecule has 0 aromatic carbocycles. The van der Waals surface area contributed by atoms with Crippen LogP contribution < -0.4 is 10.6 Å². The minimum Gasteiger partial charge on any atom is -0.369 e. The SMILES string of the molecule is NC(=O)C1c2cnnnc2N2CCC1C2. The number of hydrogen-bond acceptors (Lipinski definition) is 5. The zero-order valence-electron chi connectivity index (χ0n) is 8.13. The Bertz CT molecular complexity index is 421. The second-order valence-electron chi connectivity index (χ2n) is 4.09. The van der Waals surface area contributed by atoms with Crippen molar-refractivity contribution >= 4 is 11.7 Å². The average Bonchev–Trinajstić information content (AvgIpc) is 2.63. The van der Waals surface area contributed by atoms with Crippen LogP contribution in [-0.2, 0) is 4.79 Å². The molecule has 0 radical (unpaired) electrons.